The first-order valence-corrected chi connectivity index (χ1v) is 10.3. The number of amides is 2. The van der Waals surface area contributed by atoms with Crippen LogP contribution in [-0.4, -0.2) is 57.7 Å². The van der Waals surface area contributed by atoms with E-state index in [-0.39, 0.29) is 18.2 Å². The van der Waals surface area contributed by atoms with E-state index in [1.807, 2.05) is 27.3 Å². The number of nitrogens with two attached hydrogens (primary N) is 1. The number of hydrogen-bond acceptors (Lipinski definition) is 4. The molecule has 1 aliphatic heterocycles. The molecule has 3 rings (SSSR count). The Kier molecular flexibility index (Phi) is 6.91. The SMILES string of the molecule is CN(CCC(N)=O)Cc1c(C(=O)N2CCCCCCC2)nc2ccc(Cl)cn12. The number of carbonyl (C=O) groups is 2. The molecule has 0 saturated carbocycles. The molecule has 28 heavy (non-hydrogen) atoms. The lowest BCUT2D eigenvalue weighted by molar-refractivity contribution is -0.118. The first-order chi connectivity index (χ1) is 13.5. The van der Waals surface area contributed by atoms with Gasteiger partial charge in [-0.3, -0.25) is 9.59 Å². The maximum atomic E-state index is 13.3. The molecule has 0 radical (unpaired) electrons. The van der Waals surface area contributed by atoms with Crippen LogP contribution < -0.4 is 5.73 Å². The van der Waals surface area contributed by atoms with Crippen molar-refractivity contribution in [3.8, 4) is 0 Å². The molecule has 152 valence electrons. The molecule has 0 atom stereocenters. The van der Waals surface area contributed by atoms with Crippen molar-refractivity contribution in [2.24, 2.45) is 5.73 Å². The van der Waals surface area contributed by atoms with Crippen LogP contribution in [0.5, 0.6) is 0 Å². The van der Waals surface area contributed by atoms with Gasteiger partial charge in [-0.1, -0.05) is 30.9 Å². The minimum atomic E-state index is -0.343. The Labute approximate surface area is 170 Å². The lowest BCUT2D eigenvalue weighted by atomic mass is 10.1. The van der Waals surface area contributed by atoms with Crippen LogP contribution in [0.15, 0.2) is 18.3 Å². The van der Waals surface area contributed by atoms with Gasteiger partial charge in [-0.25, -0.2) is 4.98 Å². The van der Waals surface area contributed by atoms with Gasteiger partial charge in [0, 0.05) is 38.8 Å². The van der Waals surface area contributed by atoms with Crippen molar-refractivity contribution in [1.82, 2.24) is 19.2 Å². The fourth-order valence-corrected chi connectivity index (χ4v) is 3.79. The molecule has 0 aliphatic carbocycles. The highest BCUT2D eigenvalue weighted by Gasteiger charge is 2.25. The van der Waals surface area contributed by atoms with Crippen molar-refractivity contribution < 1.29 is 9.59 Å². The van der Waals surface area contributed by atoms with E-state index in [0.717, 1.165) is 44.5 Å². The van der Waals surface area contributed by atoms with Gasteiger partial charge in [-0.2, -0.15) is 0 Å². The second kappa shape index (κ2) is 9.39. The van der Waals surface area contributed by atoms with Crippen LogP contribution in [0.4, 0.5) is 0 Å². The Morgan fingerprint density at radius 1 is 1.18 bits per heavy atom. The summed E-state index contributed by atoms with van der Waals surface area (Å²) in [5.41, 5.74) is 7.21. The quantitative estimate of drug-likeness (QED) is 0.800. The summed E-state index contributed by atoms with van der Waals surface area (Å²) in [6.07, 6.45) is 7.66. The number of halogens is 1. The van der Waals surface area contributed by atoms with Crippen LogP contribution in [0.25, 0.3) is 5.65 Å². The van der Waals surface area contributed by atoms with Gasteiger partial charge in [0.2, 0.25) is 5.91 Å². The van der Waals surface area contributed by atoms with Crippen molar-refractivity contribution in [1.29, 1.82) is 0 Å². The monoisotopic (exact) mass is 405 g/mol. The summed E-state index contributed by atoms with van der Waals surface area (Å²) in [7, 11) is 1.90. The molecule has 3 heterocycles. The zero-order chi connectivity index (χ0) is 20.1. The molecule has 8 heteroatoms. The Morgan fingerprint density at radius 3 is 2.54 bits per heavy atom. The molecule has 2 aromatic heterocycles. The Morgan fingerprint density at radius 2 is 1.86 bits per heavy atom. The number of nitrogens with zero attached hydrogens (tertiary/aromatic N) is 4. The van der Waals surface area contributed by atoms with E-state index in [4.69, 9.17) is 17.3 Å². The fraction of sp³-hybridized carbons (Fsp3) is 0.550. The first kappa shape index (κ1) is 20.6. The maximum Gasteiger partial charge on any atom is 0.274 e. The van der Waals surface area contributed by atoms with E-state index >= 15 is 0 Å². The summed E-state index contributed by atoms with van der Waals surface area (Å²) in [5, 5.41) is 0.580. The minimum absolute atomic E-state index is 0.0278. The van der Waals surface area contributed by atoms with Crippen LogP contribution in [0.2, 0.25) is 5.02 Å². The fourth-order valence-electron chi connectivity index (χ4n) is 3.63. The number of pyridine rings is 1. The molecule has 7 nitrogen and oxygen atoms in total. The second-order valence-corrected chi connectivity index (χ2v) is 7.93. The van der Waals surface area contributed by atoms with Gasteiger partial charge in [0.05, 0.1) is 10.7 Å². The number of primary amides is 1. The van der Waals surface area contributed by atoms with E-state index < -0.39 is 0 Å². The summed E-state index contributed by atoms with van der Waals surface area (Å²) in [6, 6.07) is 3.59. The van der Waals surface area contributed by atoms with E-state index in [0.29, 0.717) is 29.5 Å². The van der Waals surface area contributed by atoms with Gasteiger partial charge in [0.1, 0.15) is 5.65 Å². The summed E-state index contributed by atoms with van der Waals surface area (Å²) < 4.78 is 1.88. The third kappa shape index (κ3) is 5.02. The number of rotatable bonds is 6. The number of imidazole rings is 1. The van der Waals surface area contributed by atoms with Crippen molar-refractivity contribution in [2.75, 3.05) is 26.7 Å². The topological polar surface area (TPSA) is 83.9 Å². The highest BCUT2D eigenvalue weighted by molar-refractivity contribution is 6.30. The summed E-state index contributed by atoms with van der Waals surface area (Å²) in [4.78, 5) is 32.9. The molecule has 2 amide bonds. The third-order valence-corrected chi connectivity index (χ3v) is 5.41. The maximum absolute atomic E-state index is 13.3. The average Bonchev–Trinajstić information content (AvgIpc) is 2.97. The van der Waals surface area contributed by atoms with Crippen LogP contribution in [0.3, 0.4) is 0 Å². The first-order valence-electron chi connectivity index (χ1n) is 9.88. The molecule has 1 aliphatic rings. The Balaban J connectivity index is 1.91. The van der Waals surface area contributed by atoms with E-state index in [1.54, 1.807) is 12.3 Å². The molecule has 0 unspecified atom stereocenters. The van der Waals surface area contributed by atoms with Gasteiger partial charge >= 0.3 is 0 Å². The van der Waals surface area contributed by atoms with Crippen molar-refractivity contribution >= 4 is 29.1 Å². The summed E-state index contributed by atoms with van der Waals surface area (Å²) in [5.74, 6) is -0.370. The number of fused-ring (bicyclic) bond motifs is 1. The average molecular weight is 406 g/mol. The lowest BCUT2D eigenvalue weighted by Gasteiger charge is -2.25. The normalized spacial score (nSPS) is 15.6. The van der Waals surface area contributed by atoms with E-state index in [1.165, 1.54) is 6.42 Å². The second-order valence-electron chi connectivity index (χ2n) is 7.50. The molecule has 0 aromatic carbocycles. The van der Waals surface area contributed by atoms with Crippen LogP contribution >= 0.6 is 11.6 Å². The smallest absolute Gasteiger partial charge is 0.274 e. The van der Waals surface area contributed by atoms with Crippen LogP contribution in [-0.2, 0) is 11.3 Å². The molecule has 2 N–H and O–H groups in total. The third-order valence-electron chi connectivity index (χ3n) is 5.19. The number of hydrogen-bond donors (Lipinski definition) is 1. The Bertz CT molecular complexity index is 842. The molecular weight excluding hydrogens is 378 g/mol. The zero-order valence-electron chi connectivity index (χ0n) is 16.4. The minimum Gasteiger partial charge on any atom is -0.370 e. The molecule has 0 bridgehead atoms. The predicted molar refractivity (Wildman–Crippen MR) is 109 cm³/mol. The van der Waals surface area contributed by atoms with Gasteiger partial charge in [-0.15, -0.1) is 0 Å². The molecule has 1 saturated heterocycles. The molecule has 1 fully saturated rings. The molecule has 0 spiro atoms. The molecular formula is C20H28ClN5O2. The van der Waals surface area contributed by atoms with Gasteiger partial charge in [0.25, 0.3) is 5.91 Å². The van der Waals surface area contributed by atoms with Crippen molar-refractivity contribution in [3.63, 3.8) is 0 Å². The van der Waals surface area contributed by atoms with Gasteiger partial charge in [0.15, 0.2) is 5.69 Å². The van der Waals surface area contributed by atoms with E-state index in [2.05, 4.69) is 4.98 Å². The number of aromatic nitrogens is 2. The van der Waals surface area contributed by atoms with Gasteiger partial charge < -0.3 is 19.9 Å². The number of carbonyl (C=O) groups excluding carboxylic acids is 2. The van der Waals surface area contributed by atoms with Crippen LogP contribution in [0.1, 0.15) is 54.7 Å². The Hall–Kier alpha value is -2.12. The summed E-state index contributed by atoms with van der Waals surface area (Å²) >= 11 is 6.19. The standard InChI is InChI=1S/C20H28ClN5O2/c1-24(12-9-17(22)27)14-16-19(23-18-8-7-15(21)13-26(16)18)20(28)25-10-5-3-2-4-6-11-25/h7-8,13H,2-6,9-12,14H2,1H3,(H2,22,27). The summed E-state index contributed by atoms with van der Waals surface area (Å²) in [6.45, 7) is 2.53. The lowest BCUT2D eigenvalue weighted by Crippen LogP contribution is -2.35. The highest BCUT2D eigenvalue weighted by Crippen LogP contribution is 2.21. The zero-order valence-corrected chi connectivity index (χ0v) is 17.1. The largest absolute Gasteiger partial charge is 0.370 e. The number of likely N-dealkylation sites (tertiary alicyclic amines) is 1. The van der Waals surface area contributed by atoms with Crippen molar-refractivity contribution in [2.45, 2.75) is 45.1 Å². The highest BCUT2D eigenvalue weighted by atomic mass is 35.5. The molecule has 2 aromatic rings. The van der Waals surface area contributed by atoms with E-state index in [9.17, 15) is 9.59 Å². The van der Waals surface area contributed by atoms with Crippen LogP contribution in [0, 0.1) is 0 Å². The van der Waals surface area contributed by atoms with Gasteiger partial charge in [-0.05, 0) is 32.0 Å². The predicted octanol–water partition coefficient (Wildman–Crippen LogP) is 2.70. The van der Waals surface area contributed by atoms with Crippen molar-refractivity contribution in [3.05, 3.63) is 34.7 Å².